The van der Waals surface area contributed by atoms with E-state index in [1.807, 2.05) is 49.6 Å². The zero-order valence-corrected chi connectivity index (χ0v) is 17.9. The van der Waals surface area contributed by atoms with Gasteiger partial charge in [0.15, 0.2) is 0 Å². The monoisotopic (exact) mass is 430 g/mol. The van der Waals surface area contributed by atoms with Crippen LogP contribution in [0, 0.1) is 0 Å². The second-order valence-electron chi connectivity index (χ2n) is 6.96. The van der Waals surface area contributed by atoms with Gasteiger partial charge in [0, 0.05) is 49.4 Å². The number of carbonyl (C=O) groups excluding carboxylic acids is 1. The Morgan fingerprint density at radius 1 is 1.00 bits per heavy atom. The van der Waals surface area contributed by atoms with Crippen LogP contribution >= 0.6 is 0 Å². The van der Waals surface area contributed by atoms with E-state index in [0.29, 0.717) is 6.54 Å². The maximum absolute atomic E-state index is 12.5. The number of carbonyl (C=O) groups is 1. The predicted molar refractivity (Wildman–Crippen MR) is 118 cm³/mol. The quantitative estimate of drug-likeness (QED) is 0.481. The average molecular weight is 430 g/mol. The first kappa shape index (κ1) is 21.0. The topological polar surface area (TPSA) is 104 Å². The summed E-state index contributed by atoms with van der Waals surface area (Å²) in [4.78, 5) is 24.7. The maximum atomic E-state index is 12.5. The van der Waals surface area contributed by atoms with E-state index >= 15 is 0 Å². The van der Waals surface area contributed by atoms with Crippen molar-refractivity contribution in [1.29, 1.82) is 0 Å². The molecule has 162 valence electrons. The van der Waals surface area contributed by atoms with Gasteiger partial charge >= 0.3 is 6.01 Å². The SMILES string of the molecule is COc1cc(C(=O)NCc2ccc(-c3nn(C)cc3-c3ccncc3)cc2)nc(OC)n1. The molecule has 0 aliphatic heterocycles. The Bertz CT molecular complexity index is 1200. The van der Waals surface area contributed by atoms with Gasteiger partial charge in [-0.1, -0.05) is 24.3 Å². The van der Waals surface area contributed by atoms with Crippen LogP contribution in [0.1, 0.15) is 16.1 Å². The van der Waals surface area contributed by atoms with Gasteiger partial charge in [0.05, 0.1) is 14.2 Å². The Morgan fingerprint density at radius 2 is 1.75 bits per heavy atom. The molecule has 9 nitrogen and oxygen atoms in total. The van der Waals surface area contributed by atoms with Crippen LogP contribution in [0.3, 0.4) is 0 Å². The number of methoxy groups -OCH3 is 2. The van der Waals surface area contributed by atoms with Crippen LogP contribution in [0.15, 0.2) is 61.1 Å². The molecular weight excluding hydrogens is 408 g/mol. The lowest BCUT2D eigenvalue weighted by molar-refractivity contribution is 0.0944. The highest BCUT2D eigenvalue weighted by atomic mass is 16.5. The number of aryl methyl sites for hydroxylation is 1. The lowest BCUT2D eigenvalue weighted by Crippen LogP contribution is -2.24. The van der Waals surface area contributed by atoms with Crippen LogP contribution in [0.4, 0.5) is 0 Å². The number of rotatable bonds is 7. The van der Waals surface area contributed by atoms with E-state index in [-0.39, 0.29) is 23.5 Å². The second kappa shape index (κ2) is 9.25. The van der Waals surface area contributed by atoms with E-state index in [1.165, 1.54) is 20.3 Å². The standard InChI is InChI=1S/C23H22N6O3/c1-29-14-18(16-8-10-24-11-9-16)21(28-29)17-6-4-15(5-7-17)13-25-22(30)19-12-20(31-2)27-23(26-19)32-3/h4-12,14H,13H2,1-3H3,(H,25,30). The van der Waals surface area contributed by atoms with Crippen molar-refractivity contribution in [3.8, 4) is 34.3 Å². The van der Waals surface area contributed by atoms with E-state index in [0.717, 1.165) is 27.9 Å². The molecule has 0 spiro atoms. The molecule has 0 radical (unpaired) electrons. The fourth-order valence-corrected chi connectivity index (χ4v) is 3.21. The number of benzene rings is 1. The van der Waals surface area contributed by atoms with Crippen LogP contribution in [0.25, 0.3) is 22.4 Å². The zero-order chi connectivity index (χ0) is 22.5. The van der Waals surface area contributed by atoms with Gasteiger partial charge in [0.2, 0.25) is 5.88 Å². The molecule has 0 aliphatic carbocycles. The van der Waals surface area contributed by atoms with Gasteiger partial charge in [-0.15, -0.1) is 0 Å². The second-order valence-corrected chi connectivity index (χ2v) is 6.96. The van der Waals surface area contributed by atoms with Gasteiger partial charge in [0.1, 0.15) is 11.4 Å². The summed E-state index contributed by atoms with van der Waals surface area (Å²) >= 11 is 0. The fourth-order valence-electron chi connectivity index (χ4n) is 3.21. The predicted octanol–water partition coefficient (Wildman–Crippen LogP) is 2.89. The highest BCUT2D eigenvalue weighted by molar-refractivity contribution is 5.92. The first-order chi connectivity index (χ1) is 15.6. The van der Waals surface area contributed by atoms with Crippen molar-refractivity contribution in [1.82, 2.24) is 30.0 Å². The molecule has 4 rings (SSSR count). The summed E-state index contributed by atoms with van der Waals surface area (Å²) in [5.41, 5.74) is 5.06. The maximum Gasteiger partial charge on any atom is 0.320 e. The first-order valence-electron chi connectivity index (χ1n) is 9.86. The molecule has 1 N–H and O–H groups in total. The Labute approximate surface area is 185 Å². The number of hydrogen-bond acceptors (Lipinski definition) is 7. The Kier molecular flexibility index (Phi) is 6.07. The fraction of sp³-hybridized carbons (Fsp3) is 0.174. The van der Waals surface area contributed by atoms with E-state index in [1.54, 1.807) is 17.1 Å². The summed E-state index contributed by atoms with van der Waals surface area (Å²) in [7, 11) is 4.79. The molecule has 0 atom stereocenters. The van der Waals surface area contributed by atoms with Gasteiger partial charge in [-0.25, -0.2) is 0 Å². The van der Waals surface area contributed by atoms with Gasteiger partial charge in [0.25, 0.3) is 5.91 Å². The highest BCUT2D eigenvalue weighted by Crippen LogP contribution is 2.30. The van der Waals surface area contributed by atoms with Gasteiger partial charge in [-0.05, 0) is 23.3 Å². The van der Waals surface area contributed by atoms with Crippen molar-refractivity contribution in [2.24, 2.45) is 7.05 Å². The molecule has 1 aromatic carbocycles. The molecular formula is C23H22N6O3. The molecule has 3 heterocycles. The molecule has 0 saturated carbocycles. The number of aromatic nitrogens is 5. The van der Waals surface area contributed by atoms with E-state index in [4.69, 9.17) is 9.47 Å². The molecule has 0 unspecified atom stereocenters. The van der Waals surface area contributed by atoms with Crippen molar-refractivity contribution in [2.75, 3.05) is 14.2 Å². The lowest BCUT2D eigenvalue weighted by Gasteiger charge is -2.08. The number of ether oxygens (including phenoxy) is 2. The van der Waals surface area contributed by atoms with Gasteiger partial charge < -0.3 is 14.8 Å². The van der Waals surface area contributed by atoms with Crippen molar-refractivity contribution in [3.05, 3.63) is 72.3 Å². The lowest BCUT2D eigenvalue weighted by atomic mass is 10.0. The number of pyridine rings is 1. The molecule has 9 heteroatoms. The van der Waals surface area contributed by atoms with Crippen LogP contribution in [0.2, 0.25) is 0 Å². The van der Waals surface area contributed by atoms with E-state index in [9.17, 15) is 4.79 Å². The minimum Gasteiger partial charge on any atom is -0.481 e. The summed E-state index contributed by atoms with van der Waals surface area (Å²) in [6, 6.07) is 13.4. The Balaban J connectivity index is 1.48. The van der Waals surface area contributed by atoms with Crippen LogP contribution < -0.4 is 14.8 Å². The molecule has 4 aromatic rings. The molecule has 32 heavy (non-hydrogen) atoms. The average Bonchev–Trinajstić information content (AvgIpc) is 3.24. The minimum atomic E-state index is -0.349. The molecule has 0 fully saturated rings. The minimum absolute atomic E-state index is 0.0687. The normalized spacial score (nSPS) is 10.6. The molecule has 0 bridgehead atoms. The molecule has 0 aliphatic rings. The smallest absolute Gasteiger partial charge is 0.320 e. The Hall–Kier alpha value is -4.27. The van der Waals surface area contributed by atoms with Crippen molar-refractivity contribution in [2.45, 2.75) is 6.54 Å². The third-order valence-corrected chi connectivity index (χ3v) is 4.81. The van der Waals surface area contributed by atoms with Crippen molar-refractivity contribution >= 4 is 5.91 Å². The third-order valence-electron chi connectivity index (χ3n) is 4.81. The summed E-state index contributed by atoms with van der Waals surface area (Å²) < 4.78 is 11.9. The van der Waals surface area contributed by atoms with Crippen LogP contribution in [-0.4, -0.2) is 44.9 Å². The first-order valence-corrected chi connectivity index (χ1v) is 9.86. The number of hydrogen-bond donors (Lipinski definition) is 1. The largest absolute Gasteiger partial charge is 0.481 e. The van der Waals surface area contributed by atoms with Gasteiger partial charge in [-0.2, -0.15) is 15.1 Å². The molecule has 1 amide bonds. The summed E-state index contributed by atoms with van der Waals surface area (Å²) in [5.74, 6) is -0.0931. The van der Waals surface area contributed by atoms with Crippen LogP contribution in [-0.2, 0) is 13.6 Å². The van der Waals surface area contributed by atoms with Gasteiger partial charge in [-0.3, -0.25) is 14.5 Å². The molecule has 3 aromatic heterocycles. The van der Waals surface area contributed by atoms with Crippen LogP contribution in [0.5, 0.6) is 11.9 Å². The number of nitrogens with zero attached hydrogens (tertiary/aromatic N) is 5. The summed E-state index contributed by atoms with van der Waals surface area (Å²) in [5, 5.41) is 7.47. The summed E-state index contributed by atoms with van der Waals surface area (Å²) in [6.07, 6.45) is 5.52. The van der Waals surface area contributed by atoms with E-state index < -0.39 is 0 Å². The third kappa shape index (κ3) is 4.56. The zero-order valence-electron chi connectivity index (χ0n) is 17.9. The van der Waals surface area contributed by atoms with E-state index in [2.05, 4.69) is 25.4 Å². The van der Waals surface area contributed by atoms with Crippen molar-refractivity contribution < 1.29 is 14.3 Å². The summed E-state index contributed by atoms with van der Waals surface area (Å²) in [6.45, 7) is 0.340. The molecule has 0 saturated heterocycles. The number of nitrogens with one attached hydrogen (secondary N) is 1. The van der Waals surface area contributed by atoms with Crippen molar-refractivity contribution in [3.63, 3.8) is 0 Å². The Morgan fingerprint density at radius 3 is 2.44 bits per heavy atom. The highest BCUT2D eigenvalue weighted by Gasteiger charge is 2.14. The number of amides is 1.